The van der Waals surface area contributed by atoms with Crippen LogP contribution in [0.3, 0.4) is 0 Å². The van der Waals surface area contributed by atoms with E-state index in [1.54, 1.807) is 24.3 Å². The van der Waals surface area contributed by atoms with Crippen molar-refractivity contribution in [3.8, 4) is 5.75 Å². The zero-order valence-electron chi connectivity index (χ0n) is 15.6. The van der Waals surface area contributed by atoms with E-state index in [1.807, 2.05) is 24.3 Å². The van der Waals surface area contributed by atoms with Gasteiger partial charge in [-0.25, -0.2) is 5.10 Å². The van der Waals surface area contributed by atoms with E-state index >= 15 is 0 Å². The third-order valence-corrected chi connectivity index (χ3v) is 5.16. The number of nitrogens with zero attached hydrogens (tertiary/aromatic N) is 1. The molecule has 0 bridgehead atoms. The van der Waals surface area contributed by atoms with Gasteiger partial charge in [-0.2, -0.15) is 5.10 Å². The third-order valence-electron chi connectivity index (χ3n) is 5.16. The second kappa shape index (κ2) is 8.25. The Labute approximate surface area is 162 Å². The van der Waals surface area contributed by atoms with Crippen molar-refractivity contribution < 1.29 is 9.53 Å². The number of amides is 1. The van der Waals surface area contributed by atoms with E-state index in [4.69, 9.17) is 4.74 Å². The van der Waals surface area contributed by atoms with Gasteiger partial charge in [0.15, 0.2) is 0 Å². The van der Waals surface area contributed by atoms with Crippen molar-refractivity contribution in [1.29, 1.82) is 0 Å². The lowest BCUT2D eigenvalue weighted by molar-refractivity contribution is 0.0950. The SMILES string of the molecule is O=C(NCc1n[nH]c(=O)c2ccccc12)c1ccc(OC2CCCCC2)cc1. The molecule has 1 aromatic heterocycles. The fourth-order valence-electron chi connectivity index (χ4n) is 3.63. The number of aromatic amines is 1. The average molecular weight is 377 g/mol. The van der Waals surface area contributed by atoms with Crippen molar-refractivity contribution in [3.05, 3.63) is 70.1 Å². The highest BCUT2D eigenvalue weighted by Crippen LogP contribution is 2.23. The van der Waals surface area contributed by atoms with Gasteiger partial charge in [0.25, 0.3) is 11.5 Å². The van der Waals surface area contributed by atoms with E-state index < -0.39 is 0 Å². The predicted molar refractivity (Wildman–Crippen MR) is 107 cm³/mol. The van der Waals surface area contributed by atoms with Crippen LogP contribution in [0.4, 0.5) is 0 Å². The van der Waals surface area contributed by atoms with E-state index in [0.717, 1.165) is 24.0 Å². The van der Waals surface area contributed by atoms with Crippen molar-refractivity contribution in [2.75, 3.05) is 0 Å². The first kappa shape index (κ1) is 18.2. The number of fused-ring (bicyclic) bond motifs is 1. The monoisotopic (exact) mass is 377 g/mol. The van der Waals surface area contributed by atoms with Gasteiger partial charge >= 0.3 is 0 Å². The molecule has 4 rings (SSSR count). The fraction of sp³-hybridized carbons (Fsp3) is 0.318. The molecule has 6 nitrogen and oxygen atoms in total. The van der Waals surface area contributed by atoms with Gasteiger partial charge in [0, 0.05) is 10.9 Å². The van der Waals surface area contributed by atoms with E-state index in [0.29, 0.717) is 16.6 Å². The minimum Gasteiger partial charge on any atom is -0.490 e. The molecule has 0 atom stereocenters. The number of carbonyl (C=O) groups is 1. The Hall–Kier alpha value is -3.15. The second-order valence-electron chi connectivity index (χ2n) is 7.13. The van der Waals surface area contributed by atoms with Gasteiger partial charge in [-0.1, -0.05) is 24.6 Å². The van der Waals surface area contributed by atoms with Crippen LogP contribution in [0.15, 0.2) is 53.3 Å². The molecule has 0 spiro atoms. The molecule has 6 heteroatoms. The molecule has 1 saturated carbocycles. The Morgan fingerprint density at radius 1 is 1.04 bits per heavy atom. The standard InChI is InChI=1S/C22H23N3O3/c26-21(15-10-12-17(13-11-15)28-16-6-2-1-3-7-16)23-14-20-18-8-4-5-9-19(18)22(27)25-24-20/h4-5,8-13,16H,1-3,6-7,14H2,(H,23,26)(H,25,27). The zero-order chi connectivity index (χ0) is 19.3. The van der Waals surface area contributed by atoms with Crippen LogP contribution in [0.1, 0.15) is 48.2 Å². The molecular formula is C22H23N3O3. The summed E-state index contributed by atoms with van der Waals surface area (Å²) in [6, 6.07) is 14.4. The highest BCUT2D eigenvalue weighted by molar-refractivity contribution is 5.94. The Balaban J connectivity index is 1.40. The Morgan fingerprint density at radius 3 is 2.50 bits per heavy atom. The first-order chi connectivity index (χ1) is 13.7. The Morgan fingerprint density at radius 2 is 1.75 bits per heavy atom. The summed E-state index contributed by atoms with van der Waals surface area (Å²) in [6.45, 7) is 0.233. The highest BCUT2D eigenvalue weighted by Gasteiger charge is 2.15. The lowest BCUT2D eigenvalue weighted by Crippen LogP contribution is -2.24. The maximum Gasteiger partial charge on any atom is 0.272 e. The van der Waals surface area contributed by atoms with Crippen LogP contribution in [0, 0.1) is 0 Å². The summed E-state index contributed by atoms with van der Waals surface area (Å²) in [4.78, 5) is 24.3. The summed E-state index contributed by atoms with van der Waals surface area (Å²) in [6.07, 6.45) is 6.22. The van der Waals surface area contributed by atoms with E-state index in [-0.39, 0.29) is 24.1 Å². The number of nitrogens with one attached hydrogen (secondary N) is 2. The van der Waals surface area contributed by atoms with Crippen molar-refractivity contribution in [2.24, 2.45) is 0 Å². The topological polar surface area (TPSA) is 84.1 Å². The Kier molecular flexibility index (Phi) is 5.37. The summed E-state index contributed by atoms with van der Waals surface area (Å²) in [5, 5.41) is 10.7. The second-order valence-corrected chi connectivity index (χ2v) is 7.13. The predicted octanol–water partition coefficient (Wildman–Crippen LogP) is 3.56. The molecule has 1 aliphatic carbocycles. The molecule has 1 fully saturated rings. The molecule has 0 unspecified atom stereocenters. The van der Waals surface area contributed by atoms with Gasteiger partial charge in [-0.3, -0.25) is 9.59 Å². The third kappa shape index (κ3) is 4.06. The maximum atomic E-state index is 12.5. The summed E-state index contributed by atoms with van der Waals surface area (Å²) in [7, 11) is 0. The first-order valence-electron chi connectivity index (χ1n) is 9.72. The number of hydrogen-bond donors (Lipinski definition) is 2. The van der Waals surface area contributed by atoms with E-state index in [1.165, 1.54) is 19.3 Å². The Bertz CT molecular complexity index is 1020. The zero-order valence-corrected chi connectivity index (χ0v) is 15.6. The maximum absolute atomic E-state index is 12.5. The van der Waals surface area contributed by atoms with Gasteiger partial charge in [-0.15, -0.1) is 0 Å². The van der Waals surface area contributed by atoms with Crippen LogP contribution in [0.5, 0.6) is 5.75 Å². The van der Waals surface area contributed by atoms with Crippen LogP contribution in [-0.4, -0.2) is 22.2 Å². The van der Waals surface area contributed by atoms with Crippen LogP contribution in [0.25, 0.3) is 10.8 Å². The largest absolute Gasteiger partial charge is 0.490 e. The van der Waals surface area contributed by atoms with Gasteiger partial charge < -0.3 is 10.1 Å². The minimum atomic E-state index is -0.237. The number of H-pyrrole nitrogens is 1. The highest BCUT2D eigenvalue weighted by atomic mass is 16.5. The van der Waals surface area contributed by atoms with Crippen LogP contribution in [0.2, 0.25) is 0 Å². The molecule has 144 valence electrons. The van der Waals surface area contributed by atoms with Crippen LogP contribution < -0.4 is 15.6 Å². The average Bonchev–Trinajstić information content (AvgIpc) is 2.74. The molecule has 28 heavy (non-hydrogen) atoms. The molecule has 0 radical (unpaired) electrons. The van der Waals surface area contributed by atoms with Crippen molar-refractivity contribution in [1.82, 2.24) is 15.5 Å². The lowest BCUT2D eigenvalue weighted by atomic mass is 9.98. The summed E-state index contributed by atoms with van der Waals surface area (Å²) >= 11 is 0. The molecular weight excluding hydrogens is 354 g/mol. The summed E-state index contributed by atoms with van der Waals surface area (Å²) in [5.74, 6) is 0.609. The van der Waals surface area contributed by atoms with Gasteiger partial charge in [0.2, 0.25) is 0 Å². The van der Waals surface area contributed by atoms with E-state index in [9.17, 15) is 9.59 Å². The van der Waals surface area contributed by atoms with Crippen molar-refractivity contribution >= 4 is 16.7 Å². The number of carbonyl (C=O) groups excluding carboxylic acids is 1. The van der Waals surface area contributed by atoms with Gasteiger partial charge in [0.1, 0.15) is 5.75 Å². The molecule has 2 N–H and O–H groups in total. The molecule has 1 amide bonds. The number of ether oxygens (including phenoxy) is 1. The normalized spacial score (nSPS) is 14.7. The minimum absolute atomic E-state index is 0.193. The molecule has 0 aliphatic heterocycles. The van der Waals surface area contributed by atoms with Gasteiger partial charge in [0.05, 0.1) is 23.7 Å². The number of rotatable bonds is 5. The number of hydrogen-bond acceptors (Lipinski definition) is 4. The molecule has 3 aromatic rings. The quantitative estimate of drug-likeness (QED) is 0.712. The first-order valence-corrected chi connectivity index (χ1v) is 9.72. The summed E-state index contributed by atoms with van der Waals surface area (Å²) < 4.78 is 6.00. The molecule has 0 saturated heterocycles. The van der Waals surface area contributed by atoms with E-state index in [2.05, 4.69) is 15.5 Å². The molecule has 2 aromatic carbocycles. The molecule has 1 heterocycles. The summed E-state index contributed by atoms with van der Waals surface area (Å²) in [5.41, 5.74) is 0.949. The smallest absolute Gasteiger partial charge is 0.272 e. The number of aromatic nitrogens is 2. The van der Waals surface area contributed by atoms with Crippen molar-refractivity contribution in [2.45, 2.75) is 44.8 Å². The van der Waals surface area contributed by atoms with Crippen LogP contribution >= 0.6 is 0 Å². The lowest BCUT2D eigenvalue weighted by Gasteiger charge is -2.23. The van der Waals surface area contributed by atoms with Gasteiger partial charge in [-0.05, 0) is 56.0 Å². The van der Waals surface area contributed by atoms with Crippen molar-refractivity contribution in [3.63, 3.8) is 0 Å². The fourth-order valence-corrected chi connectivity index (χ4v) is 3.63. The molecule has 1 aliphatic rings. The number of benzene rings is 2. The van der Waals surface area contributed by atoms with Crippen LogP contribution in [-0.2, 0) is 6.54 Å².